The van der Waals surface area contributed by atoms with Gasteiger partial charge >= 0.3 is 0 Å². The lowest BCUT2D eigenvalue weighted by atomic mass is 9.91. The number of rotatable bonds is 6. The first-order valence-electron chi connectivity index (χ1n) is 12.0. The van der Waals surface area contributed by atoms with Gasteiger partial charge in [0.25, 0.3) is 5.91 Å². The Kier molecular flexibility index (Phi) is 5.95. The molecule has 2 aliphatic carbocycles. The Morgan fingerprint density at radius 2 is 1.71 bits per heavy atom. The van der Waals surface area contributed by atoms with Crippen LogP contribution in [0.1, 0.15) is 47.2 Å². The van der Waals surface area contributed by atoms with Gasteiger partial charge in [-0.05, 0) is 67.6 Å². The number of carbonyl (C=O) groups is 1. The van der Waals surface area contributed by atoms with Crippen molar-refractivity contribution in [1.82, 2.24) is 9.80 Å². The highest BCUT2D eigenvalue weighted by atomic mass is 16.2. The van der Waals surface area contributed by atoms with E-state index >= 15 is 0 Å². The summed E-state index contributed by atoms with van der Waals surface area (Å²) in [4.78, 5) is 18.5. The number of nitrogens with zero attached hydrogens (tertiary/aromatic N) is 2. The molecule has 3 unspecified atom stereocenters. The molecule has 0 spiro atoms. The first-order valence-corrected chi connectivity index (χ1v) is 12.0. The fraction of sp³-hybridized carbons (Fsp3) is 0.464. The monoisotopic (exact) mass is 414 g/mol. The highest BCUT2D eigenvalue weighted by Crippen LogP contribution is 2.44. The van der Waals surface area contributed by atoms with Crippen molar-refractivity contribution in [3.05, 3.63) is 83.4 Å². The molecule has 1 saturated heterocycles. The Bertz CT molecular complexity index is 929. The molecule has 2 aromatic rings. The summed E-state index contributed by atoms with van der Waals surface area (Å²) >= 11 is 0. The first-order chi connectivity index (χ1) is 15.2. The molecule has 1 amide bonds. The molecule has 2 aromatic carbocycles. The second-order valence-corrected chi connectivity index (χ2v) is 9.81. The third kappa shape index (κ3) is 4.48. The molecule has 1 aliphatic heterocycles. The molecule has 3 atom stereocenters. The number of hydrogen-bond donors (Lipinski definition) is 0. The van der Waals surface area contributed by atoms with Crippen LogP contribution >= 0.6 is 0 Å². The van der Waals surface area contributed by atoms with Gasteiger partial charge in [-0.3, -0.25) is 9.69 Å². The summed E-state index contributed by atoms with van der Waals surface area (Å²) in [5, 5.41) is 0. The molecule has 0 radical (unpaired) electrons. The van der Waals surface area contributed by atoms with Crippen LogP contribution in [0.15, 0.2) is 66.7 Å². The SMILES string of the molecule is Cc1ccccc1C(=O)N(CC1CC2C=CC1C2)C1CCN(Cc2ccccc2)CC1. The number of allylic oxidation sites excluding steroid dienone is 2. The summed E-state index contributed by atoms with van der Waals surface area (Å²) in [6.45, 7) is 6.12. The van der Waals surface area contributed by atoms with Crippen LogP contribution in [0.5, 0.6) is 0 Å². The molecule has 31 heavy (non-hydrogen) atoms. The Balaban J connectivity index is 1.29. The third-order valence-corrected chi connectivity index (χ3v) is 7.73. The van der Waals surface area contributed by atoms with Crippen LogP contribution in [0.4, 0.5) is 0 Å². The van der Waals surface area contributed by atoms with Crippen molar-refractivity contribution in [3.8, 4) is 0 Å². The number of aryl methyl sites for hydroxylation is 1. The van der Waals surface area contributed by atoms with E-state index in [-0.39, 0.29) is 5.91 Å². The van der Waals surface area contributed by atoms with Crippen molar-refractivity contribution in [1.29, 1.82) is 0 Å². The largest absolute Gasteiger partial charge is 0.335 e. The average Bonchev–Trinajstić information content (AvgIpc) is 3.42. The normalized spacial score (nSPS) is 25.8. The van der Waals surface area contributed by atoms with Crippen molar-refractivity contribution in [2.45, 2.75) is 45.2 Å². The van der Waals surface area contributed by atoms with E-state index in [2.05, 4.69) is 65.3 Å². The Labute approximate surface area is 186 Å². The fourth-order valence-corrected chi connectivity index (χ4v) is 5.95. The second kappa shape index (κ2) is 9.00. The van der Waals surface area contributed by atoms with Gasteiger partial charge in [0.15, 0.2) is 0 Å². The summed E-state index contributed by atoms with van der Waals surface area (Å²) in [5.41, 5.74) is 3.35. The van der Waals surface area contributed by atoms with E-state index in [0.29, 0.717) is 17.9 Å². The van der Waals surface area contributed by atoms with E-state index in [1.807, 2.05) is 18.2 Å². The van der Waals surface area contributed by atoms with E-state index in [0.717, 1.165) is 56.1 Å². The molecule has 2 bridgehead atoms. The van der Waals surface area contributed by atoms with Crippen LogP contribution in [-0.2, 0) is 6.54 Å². The molecular weight excluding hydrogens is 380 g/mol. The van der Waals surface area contributed by atoms with Gasteiger partial charge in [0.1, 0.15) is 0 Å². The number of carbonyl (C=O) groups excluding carboxylic acids is 1. The van der Waals surface area contributed by atoms with Gasteiger partial charge in [0, 0.05) is 37.8 Å². The third-order valence-electron chi connectivity index (χ3n) is 7.73. The first kappa shape index (κ1) is 20.5. The molecule has 1 saturated carbocycles. The lowest BCUT2D eigenvalue weighted by Gasteiger charge is -2.40. The minimum atomic E-state index is 0.242. The standard InChI is InChI=1S/C28H34N2O/c1-21-7-5-6-10-27(21)28(31)30(20-25-18-23-11-12-24(25)17-23)26-13-15-29(16-14-26)19-22-8-3-2-4-9-22/h2-12,23-26H,13-20H2,1H3. The number of likely N-dealkylation sites (tertiary alicyclic amines) is 1. The Morgan fingerprint density at radius 3 is 2.39 bits per heavy atom. The molecule has 0 aromatic heterocycles. The van der Waals surface area contributed by atoms with Crippen molar-refractivity contribution in [2.75, 3.05) is 19.6 Å². The summed E-state index contributed by atoms with van der Waals surface area (Å²) < 4.78 is 0. The smallest absolute Gasteiger partial charge is 0.254 e. The topological polar surface area (TPSA) is 23.6 Å². The van der Waals surface area contributed by atoms with Gasteiger partial charge in [-0.25, -0.2) is 0 Å². The number of amides is 1. The number of fused-ring (bicyclic) bond motifs is 2. The predicted molar refractivity (Wildman–Crippen MR) is 126 cm³/mol. The maximum atomic E-state index is 13.7. The van der Waals surface area contributed by atoms with Gasteiger partial charge in [0.2, 0.25) is 0 Å². The maximum absolute atomic E-state index is 13.7. The van der Waals surface area contributed by atoms with Crippen molar-refractivity contribution < 1.29 is 4.79 Å². The van der Waals surface area contributed by atoms with Gasteiger partial charge in [0.05, 0.1) is 0 Å². The van der Waals surface area contributed by atoms with Crippen molar-refractivity contribution >= 4 is 5.91 Å². The van der Waals surface area contributed by atoms with Crippen molar-refractivity contribution in [2.24, 2.45) is 17.8 Å². The van der Waals surface area contributed by atoms with E-state index in [9.17, 15) is 4.79 Å². The minimum absolute atomic E-state index is 0.242. The Morgan fingerprint density at radius 1 is 0.968 bits per heavy atom. The maximum Gasteiger partial charge on any atom is 0.254 e. The molecule has 1 heterocycles. The van der Waals surface area contributed by atoms with Gasteiger partial charge in [-0.15, -0.1) is 0 Å². The van der Waals surface area contributed by atoms with Crippen LogP contribution in [0.2, 0.25) is 0 Å². The fourth-order valence-electron chi connectivity index (χ4n) is 5.95. The van der Waals surface area contributed by atoms with E-state index < -0.39 is 0 Å². The zero-order valence-electron chi connectivity index (χ0n) is 18.6. The number of piperidine rings is 1. The van der Waals surface area contributed by atoms with E-state index in [4.69, 9.17) is 0 Å². The van der Waals surface area contributed by atoms with Crippen molar-refractivity contribution in [3.63, 3.8) is 0 Å². The number of hydrogen-bond acceptors (Lipinski definition) is 2. The molecule has 3 nitrogen and oxygen atoms in total. The highest BCUT2D eigenvalue weighted by Gasteiger charge is 2.39. The summed E-state index contributed by atoms with van der Waals surface area (Å²) in [6, 6.07) is 19.2. The number of benzene rings is 2. The van der Waals surface area contributed by atoms with Gasteiger partial charge in [-0.1, -0.05) is 60.7 Å². The average molecular weight is 415 g/mol. The zero-order valence-corrected chi connectivity index (χ0v) is 18.6. The molecule has 0 N–H and O–H groups in total. The highest BCUT2D eigenvalue weighted by molar-refractivity contribution is 5.95. The summed E-state index contributed by atoms with van der Waals surface area (Å²) in [7, 11) is 0. The van der Waals surface area contributed by atoms with Gasteiger partial charge in [-0.2, -0.15) is 0 Å². The summed E-state index contributed by atoms with van der Waals surface area (Å²) in [6.07, 6.45) is 9.51. The predicted octanol–water partition coefficient (Wildman–Crippen LogP) is 5.31. The molecule has 2 fully saturated rings. The molecule has 3 aliphatic rings. The van der Waals surface area contributed by atoms with Crippen LogP contribution in [-0.4, -0.2) is 41.4 Å². The van der Waals surface area contributed by atoms with E-state index in [1.54, 1.807) is 0 Å². The van der Waals surface area contributed by atoms with Crippen LogP contribution in [0, 0.1) is 24.7 Å². The Hall–Kier alpha value is -2.39. The molecule has 3 heteroatoms. The van der Waals surface area contributed by atoms with Crippen LogP contribution < -0.4 is 0 Å². The van der Waals surface area contributed by atoms with E-state index in [1.165, 1.54) is 18.4 Å². The molecule has 5 rings (SSSR count). The molecule has 162 valence electrons. The summed E-state index contributed by atoms with van der Waals surface area (Å²) in [5.74, 6) is 2.30. The minimum Gasteiger partial charge on any atom is -0.335 e. The molecular formula is C28H34N2O. The van der Waals surface area contributed by atoms with Gasteiger partial charge < -0.3 is 4.90 Å². The lowest BCUT2D eigenvalue weighted by Crippen LogP contribution is -2.49. The lowest BCUT2D eigenvalue weighted by molar-refractivity contribution is 0.0504. The van der Waals surface area contributed by atoms with Crippen LogP contribution in [0.25, 0.3) is 0 Å². The zero-order chi connectivity index (χ0) is 21.2. The van der Waals surface area contributed by atoms with Crippen LogP contribution in [0.3, 0.4) is 0 Å². The quantitative estimate of drug-likeness (QED) is 0.598. The second-order valence-electron chi connectivity index (χ2n) is 9.81.